The lowest BCUT2D eigenvalue weighted by Gasteiger charge is -2.40. The highest BCUT2D eigenvalue weighted by atomic mass is 31.2. The Morgan fingerprint density at radius 3 is 1.19 bits per heavy atom. The molecular formula is C26H50N4P+. The van der Waals surface area contributed by atoms with Crippen LogP contribution < -0.4 is 20.3 Å². The Balaban J connectivity index is 1.53. The molecule has 0 aromatic carbocycles. The van der Waals surface area contributed by atoms with E-state index in [0.717, 1.165) is 0 Å². The van der Waals surface area contributed by atoms with Crippen molar-refractivity contribution in [3.63, 3.8) is 0 Å². The molecule has 4 N–H and O–H groups in total. The van der Waals surface area contributed by atoms with E-state index in [-0.39, 0.29) is 0 Å². The van der Waals surface area contributed by atoms with Crippen LogP contribution in [0.2, 0.25) is 0 Å². The average molecular weight is 450 g/mol. The molecule has 4 rings (SSSR count). The Bertz CT molecular complexity index is 471. The van der Waals surface area contributed by atoms with Crippen LogP contribution in [0.15, 0.2) is 12.2 Å². The molecule has 0 aromatic rings. The standard InChI is InChI=1S/C26H50N4P/c1-2-7-15-23(16-8-3-1)27-31(28-24-17-9-4-10-18-24,29-25-19-11-5-12-20-25)30-26-21-13-6-14-22-26/h1-2,23-30H,3-22H2/q+1/b2-1-. The predicted molar refractivity (Wildman–Crippen MR) is 136 cm³/mol. The van der Waals surface area contributed by atoms with Gasteiger partial charge in [0.15, 0.2) is 0 Å². The molecule has 4 aliphatic rings. The summed E-state index contributed by atoms with van der Waals surface area (Å²) in [4.78, 5) is 0. The second-order valence-electron chi connectivity index (χ2n) is 10.9. The molecule has 0 spiro atoms. The first kappa shape index (κ1) is 24.1. The summed E-state index contributed by atoms with van der Waals surface area (Å²) in [5, 5.41) is 17.2. The van der Waals surface area contributed by atoms with E-state index in [9.17, 15) is 0 Å². The second kappa shape index (κ2) is 13.0. The molecule has 0 radical (unpaired) electrons. The summed E-state index contributed by atoms with van der Waals surface area (Å²) in [6, 6.07) is 2.65. The first-order valence-corrected chi connectivity index (χ1v) is 15.8. The molecule has 0 aliphatic heterocycles. The molecule has 0 saturated heterocycles. The summed E-state index contributed by atoms with van der Waals surface area (Å²) in [7, 11) is -1.83. The largest absolute Gasteiger partial charge is 0.299 e. The Hall–Kier alpha value is 0.0100. The lowest BCUT2D eigenvalue weighted by atomic mass is 9.96. The van der Waals surface area contributed by atoms with Crippen LogP contribution in [0.3, 0.4) is 0 Å². The molecule has 5 heteroatoms. The molecular weight excluding hydrogens is 399 g/mol. The smallest absolute Gasteiger partial charge is 0.143 e. The van der Waals surface area contributed by atoms with Gasteiger partial charge in [0.1, 0.15) is 0 Å². The van der Waals surface area contributed by atoms with Gasteiger partial charge in [-0.25, -0.2) is 0 Å². The van der Waals surface area contributed by atoms with Crippen LogP contribution in [0, 0.1) is 0 Å². The van der Waals surface area contributed by atoms with Crippen molar-refractivity contribution in [3.8, 4) is 0 Å². The first-order valence-electron chi connectivity index (χ1n) is 14.0. The van der Waals surface area contributed by atoms with E-state index in [1.54, 1.807) is 0 Å². The van der Waals surface area contributed by atoms with Gasteiger partial charge in [-0.15, -0.1) is 20.3 Å². The molecule has 0 bridgehead atoms. The number of hydrogen-bond acceptors (Lipinski definition) is 4. The van der Waals surface area contributed by atoms with Gasteiger partial charge in [0.25, 0.3) is 7.87 Å². The third-order valence-electron chi connectivity index (χ3n) is 8.09. The Labute approximate surface area is 193 Å². The van der Waals surface area contributed by atoms with Gasteiger partial charge in [-0.05, 0) is 70.6 Å². The van der Waals surface area contributed by atoms with Gasteiger partial charge in [-0.3, -0.25) is 0 Å². The Kier molecular flexibility index (Phi) is 10.2. The van der Waals surface area contributed by atoms with Gasteiger partial charge in [0.05, 0.1) is 0 Å². The van der Waals surface area contributed by atoms with Crippen molar-refractivity contribution in [2.75, 3.05) is 0 Å². The number of allylic oxidation sites excluding steroid dienone is 2. The van der Waals surface area contributed by atoms with Crippen LogP contribution in [0.1, 0.15) is 128 Å². The van der Waals surface area contributed by atoms with Crippen molar-refractivity contribution in [2.45, 2.75) is 153 Å². The van der Waals surface area contributed by atoms with Crippen molar-refractivity contribution >= 4 is 7.87 Å². The average Bonchev–Trinajstić information content (AvgIpc) is 2.78. The fourth-order valence-corrected chi connectivity index (χ4v) is 9.97. The van der Waals surface area contributed by atoms with Gasteiger partial charge < -0.3 is 0 Å². The monoisotopic (exact) mass is 449 g/mol. The van der Waals surface area contributed by atoms with Gasteiger partial charge in [0.2, 0.25) is 0 Å². The number of nitrogens with one attached hydrogen (secondary N) is 4. The third kappa shape index (κ3) is 8.07. The minimum atomic E-state index is -1.83. The topological polar surface area (TPSA) is 48.1 Å². The zero-order valence-corrected chi connectivity index (χ0v) is 20.9. The third-order valence-corrected chi connectivity index (χ3v) is 11.1. The lowest BCUT2D eigenvalue weighted by Crippen LogP contribution is -2.56. The molecule has 0 heterocycles. The Morgan fingerprint density at radius 2 is 0.742 bits per heavy atom. The first-order chi connectivity index (χ1) is 15.3. The van der Waals surface area contributed by atoms with Crippen LogP contribution in [-0.4, -0.2) is 24.2 Å². The molecule has 1 unspecified atom stereocenters. The minimum Gasteiger partial charge on any atom is -0.143 e. The molecule has 3 saturated carbocycles. The highest BCUT2D eigenvalue weighted by molar-refractivity contribution is 7.68. The van der Waals surface area contributed by atoms with Crippen molar-refractivity contribution in [2.24, 2.45) is 0 Å². The predicted octanol–water partition coefficient (Wildman–Crippen LogP) is 6.91. The normalized spacial score (nSPS) is 29.4. The summed E-state index contributed by atoms with van der Waals surface area (Å²) in [6.45, 7) is 0. The minimum absolute atomic E-state index is 0.626. The van der Waals surface area contributed by atoms with Crippen LogP contribution >= 0.6 is 7.87 Å². The van der Waals surface area contributed by atoms with Crippen molar-refractivity contribution in [1.82, 2.24) is 20.3 Å². The van der Waals surface area contributed by atoms with E-state index in [2.05, 4.69) is 32.5 Å². The fourth-order valence-electron chi connectivity index (χ4n) is 6.30. The fraction of sp³-hybridized carbons (Fsp3) is 0.923. The lowest BCUT2D eigenvalue weighted by molar-refractivity contribution is 0.375. The summed E-state index contributed by atoms with van der Waals surface area (Å²) < 4.78 is 0. The molecule has 0 aromatic heterocycles. The SMILES string of the molecule is C1=C\CCC(N[P+](NC2CCCCC2)(NC2CCCCC2)NC2CCCCC2)CCC/1. The summed E-state index contributed by atoms with van der Waals surface area (Å²) in [5.41, 5.74) is 0. The van der Waals surface area contributed by atoms with Crippen LogP contribution in [0.4, 0.5) is 0 Å². The zero-order chi connectivity index (χ0) is 21.2. The maximum Gasteiger partial charge on any atom is 0.299 e. The van der Waals surface area contributed by atoms with E-state index in [0.29, 0.717) is 24.2 Å². The van der Waals surface area contributed by atoms with E-state index < -0.39 is 7.87 Å². The molecule has 178 valence electrons. The highest BCUT2D eigenvalue weighted by Gasteiger charge is 2.47. The van der Waals surface area contributed by atoms with Gasteiger partial charge in [0, 0.05) is 24.2 Å². The van der Waals surface area contributed by atoms with E-state index in [4.69, 9.17) is 0 Å². The van der Waals surface area contributed by atoms with Crippen molar-refractivity contribution in [1.29, 1.82) is 0 Å². The summed E-state index contributed by atoms with van der Waals surface area (Å²) in [5.74, 6) is 0. The van der Waals surface area contributed by atoms with Gasteiger partial charge >= 0.3 is 0 Å². The summed E-state index contributed by atoms with van der Waals surface area (Å²) >= 11 is 0. The molecule has 31 heavy (non-hydrogen) atoms. The maximum absolute atomic E-state index is 4.32. The van der Waals surface area contributed by atoms with Crippen LogP contribution in [0.5, 0.6) is 0 Å². The van der Waals surface area contributed by atoms with E-state index in [1.807, 2.05) is 0 Å². The summed E-state index contributed by atoms with van der Waals surface area (Å²) in [6.07, 6.45) is 32.1. The van der Waals surface area contributed by atoms with Crippen molar-refractivity contribution in [3.05, 3.63) is 12.2 Å². The van der Waals surface area contributed by atoms with Crippen LogP contribution in [0.25, 0.3) is 0 Å². The molecule has 4 aliphatic carbocycles. The number of rotatable bonds is 8. The molecule has 0 amide bonds. The van der Waals surface area contributed by atoms with E-state index in [1.165, 1.54) is 128 Å². The van der Waals surface area contributed by atoms with Gasteiger partial charge in [-0.2, -0.15) is 0 Å². The molecule has 4 nitrogen and oxygen atoms in total. The molecule has 3 fully saturated rings. The highest BCUT2D eigenvalue weighted by Crippen LogP contribution is 2.48. The zero-order valence-electron chi connectivity index (χ0n) is 20.1. The number of hydrogen-bond donors (Lipinski definition) is 4. The van der Waals surface area contributed by atoms with Crippen molar-refractivity contribution < 1.29 is 0 Å². The molecule has 1 atom stereocenters. The maximum atomic E-state index is 4.32. The van der Waals surface area contributed by atoms with Crippen LogP contribution in [-0.2, 0) is 0 Å². The second-order valence-corrected chi connectivity index (χ2v) is 13.2. The van der Waals surface area contributed by atoms with Gasteiger partial charge in [-0.1, -0.05) is 69.9 Å². The van der Waals surface area contributed by atoms with E-state index >= 15 is 0 Å². The quantitative estimate of drug-likeness (QED) is 0.240. The Morgan fingerprint density at radius 1 is 0.387 bits per heavy atom.